The molecule has 0 N–H and O–H groups in total. The number of methoxy groups -OCH3 is 2. The van der Waals surface area contributed by atoms with Gasteiger partial charge >= 0.3 is 0 Å². The lowest BCUT2D eigenvalue weighted by molar-refractivity contribution is -0.0389. The van der Waals surface area contributed by atoms with Crippen LogP contribution in [0, 0.1) is 5.82 Å². The summed E-state index contributed by atoms with van der Waals surface area (Å²) in [5, 5.41) is 6.31. The maximum absolute atomic E-state index is 15.2. The average molecular weight is 490 g/mol. The second kappa shape index (κ2) is 10.6. The Morgan fingerprint density at radius 2 is 1.86 bits per heavy atom. The monoisotopic (exact) mass is 489 g/mol. The first-order chi connectivity index (χ1) is 17.2. The molecule has 1 aliphatic heterocycles. The molecular formula is C29H32FN3O3. The fourth-order valence-electron chi connectivity index (χ4n) is 4.18. The summed E-state index contributed by atoms with van der Waals surface area (Å²) in [5.74, 6) is 0.254. The van der Waals surface area contributed by atoms with E-state index in [9.17, 15) is 0 Å². The third-order valence-corrected chi connectivity index (χ3v) is 6.14. The molecule has 2 heterocycles. The van der Waals surface area contributed by atoms with Crippen LogP contribution in [0.5, 0.6) is 5.88 Å². The number of halogens is 1. The third-order valence-electron chi connectivity index (χ3n) is 6.14. The first-order valence-corrected chi connectivity index (χ1v) is 11.7. The summed E-state index contributed by atoms with van der Waals surface area (Å²) in [7, 11) is 3.18. The molecular weight excluding hydrogens is 457 g/mol. The minimum Gasteiger partial charge on any atom is -0.481 e. The van der Waals surface area contributed by atoms with E-state index in [1.165, 1.54) is 0 Å². The average Bonchev–Trinajstić information content (AvgIpc) is 2.85. The molecule has 0 spiro atoms. The molecule has 0 saturated heterocycles. The van der Waals surface area contributed by atoms with Crippen molar-refractivity contribution in [1.29, 1.82) is 0 Å². The molecule has 0 aliphatic carbocycles. The topological polar surface area (TPSA) is 56.2 Å². The van der Waals surface area contributed by atoms with Crippen molar-refractivity contribution in [3.05, 3.63) is 88.9 Å². The lowest BCUT2D eigenvalue weighted by atomic mass is 9.84. The Hall–Kier alpha value is -3.55. The fourth-order valence-corrected chi connectivity index (χ4v) is 4.18. The Morgan fingerprint density at radius 3 is 2.58 bits per heavy atom. The molecule has 0 unspecified atom stereocenters. The largest absolute Gasteiger partial charge is 0.481 e. The van der Waals surface area contributed by atoms with Crippen molar-refractivity contribution in [1.82, 2.24) is 9.99 Å². The van der Waals surface area contributed by atoms with Crippen LogP contribution in [-0.2, 0) is 28.0 Å². The van der Waals surface area contributed by atoms with Gasteiger partial charge in [-0.3, -0.25) is 5.01 Å². The summed E-state index contributed by atoms with van der Waals surface area (Å²) < 4.78 is 31.2. The standard InChI is InChI=1S/C29H32FN3O3/c1-19-28-22(12-24(14-26(28)30)29(2,3)4)15-32-33(19)16-20-7-8-25(23(11-20)17-36-18-34-5)21-9-10-31-27(13-21)35-6/h7-15H,1,16-18H2,2-6H3. The van der Waals surface area contributed by atoms with E-state index in [1.807, 2.05) is 30.3 Å². The molecule has 188 valence electrons. The zero-order valence-corrected chi connectivity index (χ0v) is 21.5. The summed E-state index contributed by atoms with van der Waals surface area (Å²) in [4.78, 5) is 4.20. The van der Waals surface area contributed by atoms with Gasteiger partial charge in [0, 0.05) is 30.5 Å². The fraction of sp³-hybridized carbons (Fsp3) is 0.310. The van der Waals surface area contributed by atoms with Gasteiger partial charge in [-0.15, -0.1) is 0 Å². The molecule has 36 heavy (non-hydrogen) atoms. The quantitative estimate of drug-likeness (QED) is 0.281. The van der Waals surface area contributed by atoms with Crippen LogP contribution < -0.4 is 4.74 Å². The number of nitrogens with zero attached hydrogens (tertiary/aromatic N) is 3. The lowest BCUT2D eigenvalue weighted by Crippen LogP contribution is -2.22. The van der Waals surface area contributed by atoms with Gasteiger partial charge in [0.2, 0.25) is 5.88 Å². The van der Waals surface area contributed by atoms with E-state index < -0.39 is 0 Å². The van der Waals surface area contributed by atoms with Crippen molar-refractivity contribution >= 4 is 11.9 Å². The van der Waals surface area contributed by atoms with Crippen molar-refractivity contribution in [2.24, 2.45) is 5.10 Å². The zero-order valence-electron chi connectivity index (χ0n) is 21.5. The molecule has 0 saturated carbocycles. The number of hydrogen-bond donors (Lipinski definition) is 0. The number of hydrogen-bond acceptors (Lipinski definition) is 6. The molecule has 1 aromatic heterocycles. The first kappa shape index (κ1) is 25.5. The molecule has 0 fully saturated rings. The summed E-state index contributed by atoms with van der Waals surface area (Å²) in [6.07, 6.45) is 3.42. The first-order valence-electron chi connectivity index (χ1n) is 11.7. The van der Waals surface area contributed by atoms with Crippen LogP contribution >= 0.6 is 0 Å². The second-order valence-electron chi connectivity index (χ2n) is 9.75. The Balaban J connectivity index is 1.63. The Bertz CT molecular complexity index is 1300. The number of aromatic nitrogens is 1. The Morgan fingerprint density at radius 1 is 1.06 bits per heavy atom. The van der Waals surface area contributed by atoms with Crippen LogP contribution in [0.1, 0.15) is 48.6 Å². The van der Waals surface area contributed by atoms with Crippen molar-refractivity contribution < 1.29 is 18.6 Å². The van der Waals surface area contributed by atoms with Crippen molar-refractivity contribution in [3.63, 3.8) is 0 Å². The summed E-state index contributed by atoms with van der Waals surface area (Å²) in [5.41, 5.74) is 6.47. The highest BCUT2D eigenvalue weighted by atomic mass is 19.1. The molecule has 1 aliphatic rings. The smallest absolute Gasteiger partial charge is 0.213 e. The highest BCUT2D eigenvalue weighted by Crippen LogP contribution is 2.34. The van der Waals surface area contributed by atoms with Crippen LogP contribution in [0.4, 0.5) is 4.39 Å². The van der Waals surface area contributed by atoms with E-state index in [0.29, 0.717) is 30.3 Å². The van der Waals surface area contributed by atoms with Crippen LogP contribution in [0.3, 0.4) is 0 Å². The van der Waals surface area contributed by atoms with E-state index in [4.69, 9.17) is 14.2 Å². The minimum atomic E-state index is -0.283. The molecule has 0 amide bonds. The predicted octanol–water partition coefficient (Wildman–Crippen LogP) is 6.13. The molecule has 4 rings (SSSR count). The number of hydrazone groups is 1. The molecule has 7 heteroatoms. The van der Waals surface area contributed by atoms with Crippen LogP contribution in [0.2, 0.25) is 0 Å². The van der Waals surface area contributed by atoms with Gasteiger partial charge in [0.15, 0.2) is 0 Å². The number of benzene rings is 2. The van der Waals surface area contributed by atoms with Crippen LogP contribution in [0.15, 0.2) is 60.3 Å². The number of fused-ring (bicyclic) bond motifs is 1. The number of pyridine rings is 1. The highest BCUT2D eigenvalue weighted by Gasteiger charge is 2.25. The maximum Gasteiger partial charge on any atom is 0.213 e. The van der Waals surface area contributed by atoms with Gasteiger partial charge in [0.25, 0.3) is 0 Å². The summed E-state index contributed by atoms with van der Waals surface area (Å²) in [6.45, 7) is 11.3. The van der Waals surface area contributed by atoms with Crippen LogP contribution in [-0.4, -0.2) is 37.2 Å². The number of rotatable bonds is 8. The van der Waals surface area contributed by atoms with Crippen LogP contribution in [0.25, 0.3) is 16.8 Å². The molecule has 0 radical (unpaired) electrons. The molecule has 0 atom stereocenters. The number of ether oxygens (including phenoxy) is 3. The van der Waals surface area contributed by atoms with E-state index in [-0.39, 0.29) is 18.0 Å². The predicted molar refractivity (Wildman–Crippen MR) is 140 cm³/mol. The van der Waals surface area contributed by atoms with E-state index in [1.54, 1.807) is 37.7 Å². The van der Waals surface area contributed by atoms with E-state index in [2.05, 4.69) is 43.5 Å². The van der Waals surface area contributed by atoms with Gasteiger partial charge in [-0.1, -0.05) is 45.5 Å². The normalized spacial score (nSPS) is 13.2. The van der Waals surface area contributed by atoms with Crippen molar-refractivity contribution in [2.75, 3.05) is 21.0 Å². The molecule has 6 nitrogen and oxygen atoms in total. The maximum atomic E-state index is 15.2. The van der Waals surface area contributed by atoms with E-state index in [0.717, 1.165) is 33.4 Å². The van der Waals surface area contributed by atoms with Crippen molar-refractivity contribution in [3.8, 4) is 17.0 Å². The molecule has 3 aromatic rings. The molecule has 0 bridgehead atoms. The summed E-state index contributed by atoms with van der Waals surface area (Å²) >= 11 is 0. The minimum absolute atomic E-state index is 0.163. The second-order valence-corrected chi connectivity index (χ2v) is 9.75. The van der Waals surface area contributed by atoms with Gasteiger partial charge in [0.05, 0.1) is 32.2 Å². The van der Waals surface area contributed by atoms with Gasteiger partial charge < -0.3 is 14.2 Å². The van der Waals surface area contributed by atoms with Gasteiger partial charge in [0.1, 0.15) is 12.6 Å². The van der Waals surface area contributed by atoms with Crippen molar-refractivity contribution in [2.45, 2.75) is 39.3 Å². The Labute approximate surface area is 212 Å². The zero-order chi connectivity index (χ0) is 25.9. The van der Waals surface area contributed by atoms with Gasteiger partial charge in [-0.05, 0) is 51.4 Å². The summed E-state index contributed by atoms with van der Waals surface area (Å²) in [6, 6.07) is 13.5. The Kier molecular flexibility index (Phi) is 7.52. The third kappa shape index (κ3) is 5.48. The van der Waals surface area contributed by atoms with E-state index >= 15 is 4.39 Å². The molecule has 2 aromatic carbocycles. The van der Waals surface area contributed by atoms with Gasteiger partial charge in [-0.25, -0.2) is 9.37 Å². The van der Waals surface area contributed by atoms with Gasteiger partial charge in [-0.2, -0.15) is 5.10 Å². The highest BCUT2D eigenvalue weighted by molar-refractivity contribution is 5.91. The lowest BCUT2D eigenvalue weighted by Gasteiger charge is -2.29. The SMILES string of the molecule is C=C1c2c(F)cc(C(C)(C)C)cc2C=NN1Cc1ccc(-c2ccnc(OC)c2)c(COCOC)c1.